The maximum absolute atomic E-state index is 13.0. The molecular formula is C22H20N4OS. The molecule has 2 aromatic heterocycles. The van der Waals surface area contributed by atoms with Gasteiger partial charge in [-0.3, -0.25) is 4.79 Å². The van der Waals surface area contributed by atoms with E-state index in [9.17, 15) is 4.79 Å². The number of aromatic amines is 1. The third-order valence-corrected chi connectivity index (χ3v) is 6.14. The number of carbonyl (C=O) groups is 1. The number of hydrogen-bond acceptors (Lipinski definition) is 4. The van der Waals surface area contributed by atoms with Gasteiger partial charge in [0.2, 0.25) is 5.91 Å². The molecule has 140 valence electrons. The number of aromatic nitrogens is 3. The monoisotopic (exact) mass is 388 g/mol. The summed E-state index contributed by atoms with van der Waals surface area (Å²) in [6.45, 7) is 0.774. The van der Waals surface area contributed by atoms with Crippen LogP contribution in [-0.2, 0) is 11.2 Å². The van der Waals surface area contributed by atoms with Crippen LogP contribution in [0.2, 0.25) is 0 Å². The topological polar surface area (TPSA) is 61.9 Å². The van der Waals surface area contributed by atoms with Gasteiger partial charge in [-0.25, -0.2) is 9.97 Å². The van der Waals surface area contributed by atoms with E-state index in [4.69, 9.17) is 4.98 Å². The molecule has 0 unspecified atom stereocenters. The number of amides is 1. The summed E-state index contributed by atoms with van der Waals surface area (Å²) in [5, 5.41) is 2.95. The van der Waals surface area contributed by atoms with Crippen molar-refractivity contribution in [1.29, 1.82) is 0 Å². The summed E-state index contributed by atoms with van der Waals surface area (Å²) in [5.41, 5.74) is 3.89. The normalized spacial score (nSPS) is 16.7. The first-order valence-electron chi connectivity index (χ1n) is 9.52. The Kier molecular flexibility index (Phi) is 4.41. The van der Waals surface area contributed by atoms with Crippen molar-refractivity contribution in [2.24, 2.45) is 0 Å². The van der Waals surface area contributed by atoms with E-state index in [1.807, 2.05) is 64.9 Å². The molecule has 28 heavy (non-hydrogen) atoms. The van der Waals surface area contributed by atoms with Gasteiger partial charge in [-0.1, -0.05) is 42.5 Å². The van der Waals surface area contributed by atoms with Crippen LogP contribution < -0.4 is 0 Å². The summed E-state index contributed by atoms with van der Waals surface area (Å²) in [6, 6.07) is 18.1. The first-order valence-corrected chi connectivity index (χ1v) is 10.4. The number of thiazole rings is 1. The van der Waals surface area contributed by atoms with Crippen molar-refractivity contribution in [3.05, 3.63) is 71.5 Å². The smallest absolute Gasteiger partial charge is 0.229 e. The molecule has 0 radical (unpaired) electrons. The Morgan fingerprint density at radius 2 is 1.93 bits per heavy atom. The van der Waals surface area contributed by atoms with Gasteiger partial charge in [-0.2, -0.15) is 0 Å². The number of hydrogen-bond donors (Lipinski definition) is 1. The van der Waals surface area contributed by atoms with Crippen molar-refractivity contribution in [1.82, 2.24) is 19.9 Å². The van der Waals surface area contributed by atoms with Crippen molar-refractivity contribution >= 4 is 28.3 Å². The first kappa shape index (κ1) is 17.1. The summed E-state index contributed by atoms with van der Waals surface area (Å²) in [6.07, 6.45) is 2.28. The Bertz CT molecular complexity index is 1080. The molecule has 1 N–H and O–H groups in total. The lowest BCUT2D eigenvalue weighted by molar-refractivity contribution is -0.131. The lowest BCUT2D eigenvalue weighted by Crippen LogP contribution is -2.32. The number of fused-ring (bicyclic) bond motifs is 1. The van der Waals surface area contributed by atoms with E-state index in [1.165, 1.54) is 0 Å². The highest BCUT2D eigenvalue weighted by Crippen LogP contribution is 2.32. The third-order valence-electron chi connectivity index (χ3n) is 5.20. The molecule has 1 fully saturated rings. The maximum Gasteiger partial charge on any atom is 0.229 e. The zero-order valence-corrected chi connectivity index (χ0v) is 16.2. The van der Waals surface area contributed by atoms with Crippen molar-refractivity contribution in [3.63, 3.8) is 0 Å². The van der Waals surface area contributed by atoms with Crippen molar-refractivity contribution in [3.8, 4) is 10.6 Å². The minimum absolute atomic E-state index is 0.0205. The summed E-state index contributed by atoms with van der Waals surface area (Å²) in [4.78, 5) is 27.7. The van der Waals surface area contributed by atoms with Crippen LogP contribution in [0.25, 0.3) is 21.6 Å². The predicted octanol–water partition coefficient (Wildman–Crippen LogP) is 4.59. The molecule has 2 aromatic carbocycles. The number of carbonyl (C=O) groups excluding carboxylic acids is 1. The molecule has 4 aromatic rings. The lowest BCUT2D eigenvalue weighted by atomic mass is 10.2. The fraction of sp³-hybridized carbons (Fsp3) is 0.227. The molecule has 0 bridgehead atoms. The third kappa shape index (κ3) is 3.20. The largest absolute Gasteiger partial charge is 0.340 e. The lowest BCUT2D eigenvalue weighted by Gasteiger charge is -2.22. The van der Waals surface area contributed by atoms with E-state index < -0.39 is 0 Å². The minimum Gasteiger partial charge on any atom is -0.340 e. The quantitative estimate of drug-likeness (QED) is 0.556. The zero-order chi connectivity index (χ0) is 18.9. The molecule has 1 saturated heterocycles. The van der Waals surface area contributed by atoms with E-state index in [1.54, 1.807) is 11.3 Å². The van der Waals surface area contributed by atoms with Gasteiger partial charge in [0.1, 0.15) is 10.8 Å². The first-order chi connectivity index (χ1) is 13.8. The number of nitrogens with zero attached hydrogens (tertiary/aromatic N) is 3. The van der Waals surface area contributed by atoms with E-state index in [0.29, 0.717) is 6.42 Å². The Labute approximate surface area is 167 Å². The zero-order valence-electron chi connectivity index (χ0n) is 15.3. The molecular weight excluding hydrogens is 368 g/mol. The second-order valence-corrected chi connectivity index (χ2v) is 7.93. The molecule has 1 atom stereocenters. The number of H-pyrrole nitrogens is 1. The molecule has 6 heteroatoms. The van der Waals surface area contributed by atoms with Gasteiger partial charge in [0, 0.05) is 17.5 Å². The van der Waals surface area contributed by atoms with E-state index in [2.05, 4.69) is 9.97 Å². The van der Waals surface area contributed by atoms with Crippen LogP contribution in [0.4, 0.5) is 0 Å². The Morgan fingerprint density at radius 1 is 1.11 bits per heavy atom. The van der Waals surface area contributed by atoms with Crippen LogP contribution in [0, 0.1) is 0 Å². The predicted molar refractivity (Wildman–Crippen MR) is 111 cm³/mol. The summed E-state index contributed by atoms with van der Waals surface area (Å²) in [7, 11) is 0. The molecule has 1 aliphatic heterocycles. The highest BCUT2D eigenvalue weighted by Gasteiger charge is 2.32. The molecule has 5 nitrogen and oxygen atoms in total. The number of imidazole rings is 1. The number of benzene rings is 2. The molecule has 0 spiro atoms. The van der Waals surface area contributed by atoms with Gasteiger partial charge in [-0.05, 0) is 25.0 Å². The second kappa shape index (κ2) is 7.20. The van der Waals surface area contributed by atoms with Crippen LogP contribution in [0.3, 0.4) is 0 Å². The van der Waals surface area contributed by atoms with Crippen LogP contribution in [0.5, 0.6) is 0 Å². The van der Waals surface area contributed by atoms with E-state index in [0.717, 1.165) is 52.5 Å². The van der Waals surface area contributed by atoms with Crippen LogP contribution in [0.15, 0.2) is 60.0 Å². The average molecular weight is 388 g/mol. The van der Waals surface area contributed by atoms with Crippen molar-refractivity contribution < 1.29 is 4.79 Å². The molecule has 0 saturated carbocycles. The van der Waals surface area contributed by atoms with E-state index in [-0.39, 0.29) is 11.9 Å². The van der Waals surface area contributed by atoms with E-state index >= 15 is 0 Å². The van der Waals surface area contributed by atoms with Gasteiger partial charge in [0.05, 0.1) is 29.2 Å². The fourth-order valence-electron chi connectivity index (χ4n) is 3.84. The van der Waals surface area contributed by atoms with Crippen molar-refractivity contribution in [2.45, 2.75) is 25.3 Å². The van der Waals surface area contributed by atoms with Crippen LogP contribution >= 0.6 is 11.3 Å². The van der Waals surface area contributed by atoms with Gasteiger partial charge >= 0.3 is 0 Å². The van der Waals surface area contributed by atoms with Gasteiger partial charge in [0.15, 0.2) is 0 Å². The number of rotatable bonds is 4. The van der Waals surface area contributed by atoms with Crippen LogP contribution in [0.1, 0.15) is 30.4 Å². The molecule has 1 aliphatic rings. The fourth-order valence-corrected chi connectivity index (χ4v) is 4.66. The van der Waals surface area contributed by atoms with Crippen LogP contribution in [-0.4, -0.2) is 32.3 Å². The summed E-state index contributed by atoms with van der Waals surface area (Å²) < 4.78 is 0. The van der Waals surface area contributed by atoms with Gasteiger partial charge in [0.25, 0.3) is 0 Å². The average Bonchev–Trinajstić information content (AvgIpc) is 3.47. The standard InChI is InChI=1S/C22H20N4OS/c27-20(13-16-14-28-22(23-16)15-7-2-1-3-8-15)26-12-6-11-19(26)21-24-17-9-4-5-10-18(17)25-21/h1-5,7-10,14,19H,6,11-13H2,(H,24,25)/t19-/m0/s1. The summed E-state index contributed by atoms with van der Waals surface area (Å²) >= 11 is 1.59. The number of para-hydroxylation sites is 2. The number of nitrogens with one attached hydrogen (secondary N) is 1. The van der Waals surface area contributed by atoms with Crippen molar-refractivity contribution in [2.75, 3.05) is 6.54 Å². The second-order valence-electron chi connectivity index (χ2n) is 7.07. The number of likely N-dealkylation sites (tertiary alicyclic amines) is 1. The Balaban J connectivity index is 1.34. The molecule has 3 heterocycles. The van der Waals surface area contributed by atoms with Gasteiger partial charge in [-0.15, -0.1) is 11.3 Å². The minimum atomic E-state index is 0.0205. The summed E-state index contributed by atoms with van der Waals surface area (Å²) in [5.74, 6) is 1.00. The Morgan fingerprint density at radius 3 is 2.79 bits per heavy atom. The highest BCUT2D eigenvalue weighted by atomic mass is 32.1. The molecule has 5 rings (SSSR count). The highest BCUT2D eigenvalue weighted by molar-refractivity contribution is 7.13. The van der Waals surface area contributed by atoms with Gasteiger partial charge < -0.3 is 9.88 Å². The Hall–Kier alpha value is -2.99. The molecule has 1 amide bonds. The molecule has 0 aliphatic carbocycles. The SMILES string of the molecule is O=C(Cc1csc(-c2ccccc2)n1)N1CCC[C@H]1c1nc2ccccc2[nH]1. The maximum atomic E-state index is 13.0.